The fourth-order valence-corrected chi connectivity index (χ4v) is 2.46. The maximum absolute atomic E-state index is 11.9. The van der Waals surface area contributed by atoms with Crippen molar-refractivity contribution < 1.29 is 14.4 Å². The third-order valence-corrected chi connectivity index (χ3v) is 3.64. The average Bonchev–Trinajstić information content (AvgIpc) is 3.13. The first-order chi connectivity index (χ1) is 10.6. The summed E-state index contributed by atoms with van der Waals surface area (Å²) in [4.78, 5) is 22.1. The molecule has 1 atom stereocenters. The van der Waals surface area contributed by atoms with Crippen LogP contribution in [0.1, 0.15) is 22.7 Å². The summed E-state index contributed by atoms with van der Waals surface area (Å²) >= 11 is 0. The van der Waals surface area contributed by atoms with E-state index in [0.29, 0.717) is 25.3 Å². The molecule has 0 saturated carbocycles. The van der Waals surface area contributed by atoms with Crippen LogP contribution in [-0.2, 0) is 0 Å². The van der Waals surface area contributed by atoms with Gasteiger partial charge in [-0.05, 0) is 13.3 Å². The number of aromatic nitrogens is 3. The van der Waals surface area contributed by atoms with Crippen molar-refractivity contribution in [1.82, 2.24) is 20.4 Å². The van der Waals surface area contributed by atoms with Crippen LogP contribution < -0.4 is 10.2 Å². The monoisotopic (exact) mass is 303 g/mol. The molecule has 1 saturated heterocycles. The molecule has 0 unspecified atom stereocenters. The minimum Gasteiger partial charge on any atom is -0.386 e. The van der Waals surface area contributed by atoms with Crippen molar-refractivity contribution in [1.29, 1.82) is 0 Å². The van der Waals surface area contributed by atoms with Crippen molar-refractivity contribution in [3.05, 3.63) is 36.1 Å². The number of aliphatic hydroxyl groups is 1. The number of aryl methyl sites for hydroxylation is 1. The van der Waals surface area contributed by atoms with Crippen LogP contribution in [0.25, 0.3) is 0 Å². The SMILES string of the molecule is Cc1cc(C(=O)NC[C@]2(O)CCN(c3cnccn3)C2)no1. The second-order valence-electron chi connectivity index (χ2n) is 5.46. The van der Waals surface area contributed by atoms with E-state index in [-0.39, 0.29) is 18.1 Å². The molecule has 2 N–H and O–H groups in total. The molecule has 1 aliphatic heterocycles. The lowest BCUT2D eigenvalue weighted by Crippen LogP contribution is -2.45. The standard InChI is InChI=1S/C14H17N5O3/c1-10-6-11(18-22-10)13(20)17-8-14(21)2-5-19(9-14)12-7-15-3-4-16-12/h3-4,6-7,21H,2,5,8-9H2,1H3,(H,17,20)/t14-/m1/s1. The lowest BCUT2D eigenvalue weighted by atomic mass is 10.0. The van der Waals surface area contributed by atoms with Gasteiger partial charge in [-0.3, -0.25) is 9.78 Å². The van der Waals surface area contributed by atoms with E-state index in [0.717, 1.165) is 5.82 Å². The van der Waals surface area contributed by atoms with Crippen molar-refractivity contribution in [3.8, 4) is 0 Å². The van der Waals surface area contributed by atoms with E-state index in [9.17, 15) is 9.90 Å². The quantitative estimate of drug-likeness (QED) is 0.828. The number of amides is 1. The molecule has 0 bridgehead atoms. The third kappa shape index (κ3) is 3.06. The van der Waals surface area contributed by atoms with Gasteiger partial charge in [-0.15, -0.1) is 0 Å². The molecule has 8 heteroatoms. The van der Waals surface area contributed by atoms with Crippen molar-refractivity contribution >= 4 is 11.7 Å². The Bertz CT molecular complexity index is 660. The minimum absolute atomic E-state index is 0.147. The molecule has 0 aliphatic carbocycles. The summed E-state index contributed by atoms with van der Waals surface area (Å²) in [5.41, 5.74) is -0.781. The lowest BCUT2D eigenvalue weighted by molar-refractivity contribution is 0.0572. The second-order valence-corrected chi connectivity index (χ2v) is 5.46. The molecule has 116 valence electrons. The Morgan fingerprint density at radius 1 is 1.55 bits per heavy atom. The van der Waals surface area contributed by atoms with Gasteiger partial charge < -0.3 is 19.8 Å². The molecule has 0 aromatic carbocycles. The Morgan fingerprint density at radius 2 is 2.41 bits per heavy atom. The second kappa shape index (κ2) is 5.72. The summed E-state index contributed by atoms with van der Waals surface area (Å²) in [5.74, 6) is 0.929. The van der Waals surface area contributed by atoms with E-state index >= 15 is 0 Å². The van der Waals surface area contributed by atoms with Gasteiger partial charge in [-0.25, -0.2) is 4.98 Å². The third-order valence-electron chi connectivity index (χ3n) is 3.64. The molecule has 3 heterocycles. The van der Waals surface area contributed by atoms with Crippen molar-refractivity contribution in [2.24, 2.45) is 0 Å². The first kappa shape index (κ1) is 14.5. The van der Waals surface area contributed by atoms with Gasteiger partial charge in [0.15, 0.2) is 5.69 Å². The molecular formula is C14H17N5O3. The van der Waals surface area contributed by atoms with Gasteiger partial charge in [0.2, 0.25) is 0 Å². The molecule has 8 nitrogen and oxygen atoms in total. The van der Waals surface area contributed by atoms with E-state index in [1.54, 1.807) is 31.6 Å². The zero-order chi connectivity index (χ0) is 15.6. The Hall–Kier alpha value is -2.48. The number of nitrogens with one attached hydrogen (secondary N) is 1. The zero-order valence-electron chi connectivity index (χ0n) is 12.2. The highest BCUT2D eigenvalue weighted by Crippen LogP contribution is 2.24. The van der Waals surface area contributed by atoms with E-state index in [2.05, 4.69) is 20.4 Å². The topological polar surface area (TPSA) is 104 Å². The number of rotatable bonds is 4. The van der Waals surface area contributed by atoms with E-state index in [1.165, 1.54) is 0 Å². The predicted octanol–water partition coefficient (Wildman–Crippen LogP) is 0.144. The average molecular weight is 303 g/mol. The van der Waals surface area contributed by atoms with Gasteiger partial charge in [-0.2, -0.15) is 0 Å². The fraction of sp³-hybridized carbons (Fsp3) is 0.429. The van der Waals surface area contributed by atoms with Crippen molar-refractivity contribution in [3.63, 3.8) is 0 Å². The summed E-state index contributed by atoms with van der Waals surface area (Å²) in [6.07, 6.45) is 5.41. The summed E-state index contributed by atoms with van der Waals surface area (Å²) in [6, 6.07) is 1.56. The van der Waals surface area contributed by atoms with Crippen LogP contribution in [0.3, 0.4) is 0 Å². The molecule has 2 aromatic rings. The highest BCUT2D eigenvalue weighted by molar-refractivity contribution is 5.92. The summed E-state index contributed by atoms with van der Waals surface area (Å²) in [6.45, 7) is 2.92. The van der Waals surface area contributed by atoms with E-state index < -0.39 is 5.60 Å². The minimum atomic E-state index is -0.994. The zero-order valence-corrected chi connectivity index (χ0v) is 12.2. The Labute approximate surface area is 127 Å². The summed E-state index contributed by atoms with van der Waals surface area (Å²) in [5, 5.41) is 16.9. The summed E-state index contributed by atoms with van der Waals surface area (Å²) < 4.78 is 4.86. The van der Waals surface area contributed by atoms with Crippen LogP contribution in [0.15, 0.2) is 29.2 Å². The van der Waals surface area contributed by atoms with Crippen molar-refractivity contribution in [2.75, 3.05) is 24.5 Å². The maximum atomic E-state index is 11.9. The van der Waals surface area contributed by atoms with E-state index in [1.807, 2.05) is 4.90 Å². The molecule has 2 aromatic heterocycles. The Balaban J connectivity index is 1.58. The molecule has 22 heavy (non-hydrogen) atoms. The first-order valence-corrected chi connectivity index (χ1v) is 7.01. The van der Waals surface area contributed by atoms with Crippen molar-refractivity contribution in [2.45, 2.75) is 18.9 Å². The Kier molecular flexibility index (Phi) is 3.76. The highest BCUT2D eigenvalue weighted by Gasteiger charge is 2.37. The van der Waals surface area contributed by atoms with Gasteiger partial charge in [0.25, 0.3) is 5.91 Å². The number of hydrogen-bond donors (Lipinski definition) is 2. The van der Waals surface area contributed by atoms with Gasteiger partial charge in [0.05, 0.1) is 6.20 Å². The van der Waals surface area contributed by atoms with Crippen LogP contribution >= 0.6 is 0 Å². The number of β-amino-alcohol motifs (C(OH)–C–C–N with tert-alkyl or cyclic N) is 1. The molecular weight excluding hydrogens is 286 g/mol. The van der Waals surface area contributed by atoms with Crippen LogP contribution in [0.4, 0.5) is 5.82 Å². The largest absolute Gasteiger partial charge is 0.386 e. The molecule has 1 aliphatic rings. The molecule has 3 rings (SSSR count). The molecule has 0 radical (unpaired) electrons. The summed E-state index contributed by atoms with van der Waals surface area (Å²) in [7, 11) is 0. The number of carbonyl (C=O) groups is 1. The number of hydrogen-bond acceptors (Lipinski definition) is 7. The highest BCUT2D eigenvalue weighted by atomic mass is 16.5. The number of carbonyl (C=O) groups excluding carboxylic acids is 1. The molecule has 1 amide bonds. The van der Waals surface area contributed by atoms with E-state index in [4.69, 9.17) is 4.52 Å². The van der Waals surface area contributed by atoms with Crippen LogP contribution in [0.5, 0.6) is 0 Å². The van der Waals surface area contributed by atoms with Gasteiger partial charge in [0, 0.05) is 38.1 Å². The fourth-order valence-electron chi connectivity index (χ4n) is 2.46. The van der Waals surface area contributed by atoms with Gasteiger partial charge in [-0.1, -0.05) is 5.16 Å². The smallest absolute Gasteiger partial charge is 0.273 e. The molecule has 0 spiro atoms. The predicted molar refractivity (Wildman–Crippen MR) is 77.4 cm³/mol. The number of anilines is 1. The van der Waals surface area contributed by atoms with Gasteiger partial charge >= 0.3 is 0 Å². The van der Waals surface area contributed by atoms with Crippen LogP contribution in [0, 0.1) is 6.92 Å². The Morgan fingerprint density at radius 3 is 3.09 bits per heavy atom. The normalized spacial score (nSPS) is 21.1. The molecule has 1 fully saturated rings. The van der Waals surface area contributed by atoms with Crippen LogP contribution in [0.2, 0.25) is 0 Å². The maximum Gasteiger partial charge on any atom is 0.273 e. The number of nitrogens with zero attached hydrogens (tertiary/aromatic N) is 4. The first-order valence-electron chi connectivity index (χ1n) is 7.01. The lowest BCUT2D eigenvalue weighted by Gasteiger charge is -2.23. The van der Waals surface area contributed by atoms with Crippen LogP contribution in [-0.4, -0.2) is 51.4 Å². The van der Waals surface area contributed by atoms with Gasteiger partial charge in [0.1, 0.15) is 17.2 Å².